The van der Waals surface area contributed by atoms with Gasteiger partial charge >= 0.3 is 0 Å². The predicted molar refractivity (Wildman–Crippen MR) is 111 cm³/mol. The van der Waals surface area contributed by atoms with Gasteiger partial charge in [-0.1, -0.05) is 44.0 Å². The van der Waals surface area contributed by atoms with Gasteiger partial charge in [-0.3, -0.25) is 9.59 Å². The minimum Gasteiger partial charge on any atom is -0.382 e. The van der Waals surface area contributed by atoms with Crippen molar-refractivity contribution in [3.05, 3.63) is 46.7 Å². The molecule has 6 nitrogen and oxygen atoms in total. The summed E-state index contributed by atoms with van der Waals surface area (Å²) in [5.41, 5.74) is 3.88. The van der Waals surface area contributed by atoms with Gasteiger partial charge in [-0.15, -0.1) is 0 Å². The van der Waals surface area contributed by atoms with E-state index in [2.05, 4.69) is 29.7 Å². The van der Waals surface area contributed by atoms with Crippen LogP contribution >= 0.6 is 0 Å². The van der Waals surface area contributed by atoms with Gasteiger partial charge in [0.2, 0.25) is 5.91 Å². The number of rotatable bonds is 5. The number of aryl methyl sites for hydroxylation is 1. The van der Waals surface area contributed by atoms with Crippen molar-refractivity contribution in [2.75, 3.05) is 19.8 Å². The van der Waals surface area contributed by atoms with Crippen LogP contribution in [0, 0.1) is 0 Å². The molecule has 0 spiro atoms. The summed E-state index contributed by atoms with van der Waals surface area (Å²) in [7, 11) is 0. The average molecular weight is 398 g/mol. The molecule has 6 heteroatoms. The van der Waals surface area contributed by atoms with Crippen molar-refractivity contribution < 1.29 is 14.3 Å². The van der Waals surface area contributed by atoms with Gasteiger partial charge in [0, 0.05) is 18.3 Å². The zero-order valence-electron chi connectivity index (χ0n) is 17.4. The fourth-order valence-corrected chi connectivity index (χ4v) is 5.10. The lowest BCUT2D eigenvalue weighted by molar-refractivity contribution is -0.142. The van der Waals surface area contributed by atoms with Crippen molar-refractivity contribution in [2.45, 2.75) is 64.1 Å². The topological polar surface area (TPSA) is 70.7 Å². The number of ether oxygens (including phenoxy) is 1. The van der Waals surface area contributed by atoms with Crippen molar-refractivity contribution in [1.82, 2.24) is 15.5 Å². The molecular weight excluding hydrogens is 366 g/mol. The second-order valence-corrected chi connectivity index (χ2v) is 8.07. The summed E-state index contributed by atoms with van der Waals surface area (Å²) in [5, 5.41) is 6.63. The number of amides is 2. The van der Waals surface area contributed by atoms with E-state index in [1.807, 2.05) is 24.0 Å². The summed E-state index contributed by atoms with van der Waals surface area (Å²) in [6.45, 7) is 5.07. The van der Waals surface area contributed by atoms with Gasteiger partial charge in [0.1, 0.15) is 6.61 Å². The Morgan fingerprint density at radius 3 is 2.79 bits per heavy atom. The summed E-state index contributed by atoms with van der Waals surface area (Å²) >= 11 is 0. The molecule has 1 aromatic rings. The van der Waals surface area contributed by atoms with E-state index < -0.39 is 0 Å². The van der Waals surface area contributed by atoms with Gasteiger partial charge in [-0.2, -0.15) is 0 Å². The molecule has 0 radical (unpaired) electrons. The van der Waals surface area contributed by atoms with Crippen LogP contribution in [0.15, 0.2) is 35.5 Å². The molecule has 1 unspecified atom stereocenters. The summed E-state index contributed by atoms with van der Waals surface area (Å²) in [4.78, 5) is 28.4. The number of carbonyl (C=O) groups excluding carboxylic acids is 2. The highest BCUT2D eigenvalue weighted by Crippen LogP contribution is 2.41. The van der Waals surface area contributed by atoms with Crippen LogP contribution in [0.5, 0.6) is 0 Å². The molecule has 1 saturated carbocycles. The second-order valence-electron chi connectivity index (χ2n) is 8.07. The number of hydrogen-bond donors (Lipinski definition) is 2. The number of hydrogen-bond acceptors (Lipinski definition) is 4. The highest BCUT2D eigenvalue weighted by molar-refractivity contribution is 5.99. The molecule has 0 aromatic heterocycles. The van der Waals surface area contributed by atoms with E-state index in [-0.39, 0.29) is 36.5 Å². The molecule has 0 bridgehead atoms. The molecule has 2 N–H and O–H groups in total. The maximum absolute atomic E-state index is 13.5. The summed E-state index contributed by atoms with van der Waals surface area (Å²) in [6.07, 6.45) is 5.05. The van der Waals surface area contributed by atoms with Crippen LogP contribution in [0.25, 0.3) is 0 Å². The number of benzene rings is 1. The Morgan fingerprint density at radius 2 is 2.00 bits per heavy atom. The van der Waals surface area contributed by atoms with Crippen molar-refractivity contribution in [3.8, 4) is 0 Å². The van der Waals surface area contributed by atoms with Crippen LogP contribution < -0.4 is 10.6 Å². The molecule has 2 amide bonds. The fourth-order valence-electron chi connectivity index (χ4n) is 5.10. The fraction of sp³-hybridized carbons (Fsp3) is 0.565. The Hall–Kier alpha value is -2.34. The van der Waals surface area contributed by atoms with E-state index in [0.717, 1.165) is 43.4 Å². The first kappa shape index (κ1) is 20.0. The van der Waals surface area contributed by atoms with Crippen LogP contribution in [-0.4, -0.2) is 48.6 Å². The minimum atomic E-state index is -0.378. The summed E-state index contributed by atoms with van der Waals surface area (Å²) < 4.78 is 5.52. The van der Waals surface area contributed by atoms with E-state index in [4.69, 9.17) is 4.74 Å². The average Bonchev–Trinajstić information content (AvgIpc) is 3.02. The predicted octanol–water partition coefficient (Wildman–Crippen LogP) is 2.45. The van der Waals surface area contributed by atoms with E-state index in [0.29, 0.717) is 18.7 Å². The highest BCUT2D eigenvalue weighted by atomic mass is 16.5. The van der Waals surface area contributed by atoms with Gasteiger partial charge in [0.05, 0.1) is 24.2 Å². The maximum atomic E-state index is 13.5. The lowest BCUT2D eigenvalue weighted by Crippen LogP contribution is -2.54. The summed E-state index contributed by atoms with van der Waals surface area (Å²) in [5.74, 6) is -0.105. The third-order valence-corrected chi connectivity index (χ3v) is 6.44. The molecule has 3 aliphatic rings. The van der Waals surface area contributed by atoms with Crippen LogP contribution in [0.2, 0.25) is 0 Å². The van der Waals surface area contributed by atoms with E-state index in [1.165, 1.54) is 5.56 Å². The Morgan fingerprint density at radius 1 is 1.21 bits per heavy atom. The highest BCUT2D eigenvalue weighted by Gasteiger charge is 2.46. The number of fused-ring (bicyclic) bond motifs is 1. The molecule has 0 saturated heterocycles. The Balaban J connectivity index is 1.87. The van der Waals surface area contributed by atoms with Gasteiger partial charge in [0.15, 0.2) is 0 Å². The SMILES string of the molecule is CCOCC(=O)N1C2CCCC[C@H]2NC2=C(C(=O)NC2)[C@H]1c1ccccc1CC. The Labute approximate surface area is 172 Å². The molecular formula is C23H31N3O3. The van der Waals surface area contributed by atoms with Gasteiger partial charge in [-0.05, 0) is 37.3 Å². The first-order valence-electron chi connectivity index (χ1n) is 10.9. The van der Waals surface area contributed by atoms with E-state index >= 15 is 0 Å². The molecule has 3 atom stereocenters. The van der Waals surface area contributed by atoms with Gasteiger partial charge in [-0.25, -0.2) is 0 Å². The smallest absolute Gasteiger partial charge is 0.251 e. The molecule has 156 valence electrons. The molecule has 1 fully saturated rings. The number of nitrogens with one attached hydrogen (secondary N) is 2. The lowest BCUT2D eigenvalue weighted by atomic mass is 9.86. The van der Waals surface area contributed by atoms with Crippen LogP contribution in [0.3, 0.4) is 0 Å². The van der Waals surface area contributed by atoms with Crippen LogP contribution in [0.1, 0.15) is 56.7 Å². The minimum absolute atomic E-state index is 0.0325. The van der Waals surface area contributed by atoms with E-state index in [1.54, 1.807) is 0 Å². The zero-order valence-corrected chi connectivity index (χ0v) is 17.4. The van der Waals surface area contributed by atoms with Crippen LogP contribution in [-0.2, 0) is 20.7 Å². The Kier molecular flexibility index (Phi) is 5.90. The van der Waals surface area contributed by atoms with Gasteiger partial charge < -0.3 is 20.3 Å². The number of nitrogens with zero attached hydrogens (tertiary/aromatic N) is 1. The molecule has 29 heavy (non-hydrogen) atoms. The number of carbonyl (C=O) groups is 2. The van der Waals surface area contributed by atoms with Gasteiger partial charge in [0.25, 0.3) is 5.91 Å². The first-order chi connectivity index (χ1) is 14.2. The molecule has 2 heterocycles. The van der Waals surface area contributed by atoms with Crippen LogP contribution in [0.4, 0.5) is 0 Å². The molecule has 1 aliphatic carbocycles. The van der Waals surface area contributed by atoms with Crippen molar-refractivity contribution in [2.24, 2.45) is 0 Å². The molecule has 2 aliphatic heterocycles. The first-order valence-corrected chi connectivity index (χ1v) is 10.9. The summed E-state index contributed by atoms with van der Waals surface area (Å²) in [6, 6.07) is 8.06. The largest absolute Gasteiger partial charge is 0.382 e. The monoisotopic (exact) mass is 397 g/mol. The molecule has 4 rings (SSSR count). The van der Waals surface area contributed by atoms with Crippen molar-refractivity contribution >= 4 is 11.8 Å². The van der Waals surface area contributed by atoms with Crippen molar-refractivity contribution in [1.29, 1.82) is 0 Å². The van der Waals surface area contributed by atoms with E-state index in [9.17, 15) is 9.59 Å². The zero-order chi connectivity index (χ0) is 20.4. The second kappa shape index (κ2) is 8.57. The third kappa shape index (κ3) is 3.66. The normalized spacial score (nSPS) is 26.3. The molecule has 1 aromatic carbocycles. The third-order valence-electron chi connectivity index (χ3n) is 6.44. The maximum Gasteiger partial charge on any atom is 0.251 e. The Bertz CT molecular complexity index is 819. The standard InChI is InChI=1S/C23H31N3O3/c1-3-15-9-5-6-10-16(15)22-21-18(13-24-23(21)28)25-17-11-7-8-12-19(17)26(22)20(27)14-29-4-2/h5-6,9-10,17,19,22,25H,3-4,7-8,11-14H2,1-2H3,(H,24,28)/t17-,19?,22-/m1/s1. The quantitative estimate of drug-likeness (QED) is 0.801. The van der Waals surface area contributed by atoms with Crippen molar-refractivity contribution in [3.63, 3.8) is 0 Å². The lowest BCUT2D eigenvalue weighted by Gasteiger charge is -2.43.